The first-order chi connectivity index (χ1) is 18.5. The molecule has 0 aliphatic carbocycles. The molecule has 0 fully saturated rings. The van der Waals surface area contributed by atoms with E-state index in [4.69, 9.17) is 28.3 Å². The first-order valence-corrected chi connectivity index (χ1v) is 14.0. The van der Waals surface area contributed by atoms with E-state index in [9.17, 15) is 0 Å². The van der Waals surface area contributed by atoms with Crippen molar-refractivity contribution in [2.24, 2.45) is 0 Å². The van der Waals surface area contributed by atoms with Crippen LogP contribution in [0.1, 0.15) is 47.4 Å². The highest BCUT2D eigenvalue weighted by atomic mass is 35.5. The summed E-state index contributed by atoms with van der Waals surface area (Å²) in [5, 5.41) is 6.76. The van der Waals surface area contributed by atoms with E-state index < -0.39 is 0 Å². The molecular formula is C32H31Cl2N4+. The maximum absolute atomic E-state index is 6.54. The number of rotatable bonds is 6. The van der Waals surface area contributed by atoms with Crippen LogP contribution in [0.3, 0.4) is 0 Å². The van der Waals surface area contributed by atoms with E-state index in [1.165, 1.54) is 44.9 Å². The van der Waals surface area contributed by atoms with Crippen LogP contribution < -0.4 is 0 Å². The largest absolute Gasteiger partial charge is 0.294 e. The van der Waals surface area contributed by atoms with Gasteiger partial charge in [-0.1, -0.05) is 55.2 Å². The van der Waals surface area contributed by atoms with Gasteiger partial charge < -0.3 is 0 Å². The first kappa shape index (κ1) is 25.1. The summed E-state index contributed by atoms with van der Waals surface area (Å²) in [4.78, 5) is 2.45. The molecule has 6 rings (SSSR count). The highest BCUT2D eigenvalue weighted by Gasteiger charge is 2.29. The molecule has 0 N–H and O–H groups in total. The minimum atomic E-state index is 0.713. The van der Waals surface area contributed by atoms with Gasteiger partial charge in [0.15, 0.2) is 6.20 Å². The first-order valence-electron chi connectivity index (χ1n) is 13.3. The molecular weight excluding hydrogens is 511 g/mol. The number of para-hydroxylation sites is 1. The lowest BCUT2D eigenvalue weighted by molar-refractivity contribution is -0.343. The van der Waals surface area contributed by atoms with Crippen LogP contribution in [-0.2, 0) is 32.4 Å². The Labute approximate surface area is 234 Å². The highest BCUT2D eigenvalue weighted by Crippen LogP contribution is 2.38. The average molecular weight is 543 g/mol. The second-order valence-corrected chi connectivity index (χ2v) is 10.9. The van der Waals surface area contributed by atoms with Gasteiger partial charge in [-0.2, -0.15) is 9.67 Å². The summed E-state index contributed by atoms with van der Waals surface area (Å²) in [7, 11) is 0. The van der Waals surface area contributed by atoms with Crippen molar-refractivity contribution in [1.29, 1.82) is 0 Å². The summed E-state index contributed by atoms with van der Waals surface area (Å²) < 4.78 is 4.16. The van der Waals surface area contributed by atoms with E-state index in [1.807, 2.05) is 29.0 Å². The van der Waals surface area contributed by atoms with E-state index in [0.29, 0.717) is 5.02 Å². The molecule has 0 radical (unpaired) electrons. The van der Waals surface area contributed by atoms with E-state index in [-0.39, 0.29) is 0 Å². The monoisotopic (exact) mass is 541 g/mol. The van der Waals surface area contributed by atoms with Crippen molar-refractivity contribution in [2.75, 3.05) is 6.54 Å². The molecule has 4 nitrogen and oxygen atoms in total. The lowest BCUT2D eigenvalue weighted by Gasteiger charge is -2.27. The Balaban J connectivity index is 1.50. The fourth-order valence-corrected chi connectivity index (χ4v) is 6.13. The quantitative estimate of drug-likeness (QED) is 0.232. The molecule has 0 atom stereocenters. The van der Waals surface area contributed by atoms with Gasteiger partial charge in [-0.25, -0.2) is 4.68 Å². The average Bonchev–Trinajstić information content (AvgIpc) is 3.49. The van der Waals surface area contributed by atoms with Gasteiger partial charge in [-0.15, -0.1) is 0 Å². The normalized spacial score (nSPS) is 14.7. The molecule has 4 aromatic rings. The highest BCUT2D eigenvalue weighted by molar-refractivity contribution is 6.33. The van der Waals surface area contributed by atoms with Crippen LogP contribution in [0, 0.1) is 0 Å². The van der Waals surface area contributed by atoms with Crippen LogP contribution in [0.15, 0.2) is 60.8 Å². The lowest BCUT2D eigenvalue weighted by Crippen LogP contribution is -2.30. The van der Waals surface area contributed by atoms with Gasteiger partial charge in [0.05, 0.1) is 22.6 Å². The molecule has 0 bridgehead atoms. The molecule has 0 saturated carbocycles. The molecule has 38 heavy (non-hydrogen) atoms. The minimum Gasteiger partial charge on any atom is -0.294 e. The Kier molecular flexibility index (Phi) is 6.73. The van der Waals surface area contributed by atoms with Crippen LogP contribution in [0.2, 0.25) is 10.0 Å². The second kappa shape index (κ2) is 10.2. The lowest BCUT2D eigenvalue weighted by atomic mass is 9.97. The molecule has 6 heteroatoms. The van der Waals surface area contributed by atoms with Crippen molar-refractivity contribution in [1.82, 2.24) is 14.7 Å². The molecule has 3 aromatic carbocycles. The van der Waals surface area contributed by atoms with E-state index in [1.54, 1.807) is 0 Å². The molecule has 192 valence electrons. The summed E-state index contributed by atoms with van der Waals surface area (Å²) in [5.41, 5.74) is 12.0. The Bertz CT molecular complexity index is 1580. The van der Waals surface area contributed by atoms with Crippen LogP contribution in [0.25, 0.3) is 23.0 Å². The third-order valence-corrected chi connectivity index (χ3v) is 8.34. The Morgan fingerprint density at radius 2 is 1.76 bits per heavy atom. The third-order valence-electron chi connectivity index (χ3n) is 7.74. The van der Waals surface area contributed by atoms with Crippen LogP contribution in [-0.4, -0.2) is 32.5 Å². The zero-order chi connectivity index (χ0) is 26.4. The van der Waals surface area contributed by atoms with Crippen LogP contribution >= 0.6 is 23.2 Å². The van der Waals surface area contributed by atoms with Crippen LogP contribution in [0.4, 0.5) is 5.69 Å². The zero-order valence-corrected chi connectivity index (χ0v) is 23.4. The Morgan fingerprint density at radius 3 is 2.53 bits per heavy atom. The fraction of sp³-hybridized carbons (Fsp3) is 0.250. The second-order valence-electron chi connectivity index (χ2n) is 10.1. The van der Waals surface area contributed by atoms with E-state index in [0.717, 1.165) is 55.2 Å². The number of nitrogens with zero attached hydrogens (tertiary/aromatic N) is 4. The van der Waals surface area contributed by atoms with Gasteiger partial charge in [-0.05, 0) is 59.9 Å². The smallest absolute Gasteiger partial charge is 0.217 e. The van der Waals surface area contributed by atoms with E-state index >= 15 is 0 Å². The van der Waals surface area contributed by atoms with Crippen molar-refractivity contribution < 1.29 is 4.58 Å². The topological polar surface area (TPSA) is 24.1 Å². The standard InChI is InChI=1S/C32H31Cl2N4/c1-4-21-7-6-8-22(5-2)31(21)38-32(24-9-12-30-23(17-24)13-15-36(30)3)27-20-37(16-14-29(27)35-38)19-25-18-26(33)10-11-28(25)34/h6-13,15,17-18H,3-5,14,16,19-20H2,1-2H3/q+1. The van der Waals surface area contributed by atoms with Crippen molar-refractivity contribution >= 4 is 41.7 Å². The van der Waals surface area contributed by atoms with Crippen LogP contribution in [0.5, 0.6) is 0 Å². The summed E-state index contributed by atoms with van der Waals surface area (Å²) >= 11 is 12.8. The SMILES string of the molecule is C=[N+]1C=Cc2cc(-c3c4c(nn3-c3c(CC)cccc3CC)CCN(Cc3cc(Cl)ccc3Cl)C4)ccc21. The molecule has 3 heterocycles. The number of fused-ring (bicyclic) bond motifs is 2. The van der Waals surface area contributed by atoms with Gasteiger partial charge in [-0.3, -0.25) is 4.90 Å². The Morgan fingerprint density at radius 1 is 0.974 bits per heavy atom. The number of hydrogen-bond donors (Lipinski definition) is 0. The summed E-state index contributed by atoms with van der Waals surface area (Å²) in [6, 6.07) is 19.0. The van der Waals surface area contributed by atoms with Crippen molar-refractivity contribution in [2.45, 2.75) is 46.2 Å². The van der Waals surface area contributed by atoms with Gasteiger partial charge >= 0.3 is 0 Å². The van der Waals surface area contributed by atoms with Crippen molar-refractivity contribution in [3.8, 4) is 16.9 Å². The van der Waals surface area contributed by atoms with Crippen molar-refractivity contribution in [3.05, 3.63) is 104 Å². The molecule has 0 unspecified atom stereocenters. The molecule has 2 aliphatic rings. The zero-order valence-electron chi connectivity index (χ0n) is 21.8. The molecule has 0 spiro atoms. The number of aryl methyl sites for hydroxylation is 2. The number of aromatic nitrogens is 2. The fourth-order valence-electron chi connectivity index (χ4n) is 5.76. The Hall–Kier alpha value is -3.18. The predicted molar refractivity (Wildman–Crippen MR) is 158 cm³/mol. The molecule has 2 aliphatic heterocycles. The number of halogens is 2. The van der Waals surface area contributed by atoms with E-state index in [2.05, 4.69) is 72.6 Å². The molecule has 1 aromatic heterocycles. The summed E-state index contributed by atoms with van der Waals surface area (Å²) in [6.45, 7) is 11.0. The third kappa shape index (κ3) is 4.41. The number of hydrogen-bond acceptors (Lipinski definition) is 2. The van der Waals surface area contributed by atoms with Gasteiger partial charge in [0.2, 0.25) is 5.69 Å². The summed E-state index contributed by atoms with van der Waals surface area (Å²) in [5.74, 6) is 0. The van der Waals surface area contributed by atoms with Gasteiger partial charge in [0, 0.05) is 59.4 Å². The maximum atomic E-state index is 6.54. The molecule has 0 saturated heterocycles. The van der Waals surface area contributed by atoms with Gasteiger partial charge in [0.1, 0.15) is 6.72 Å². The number of benzene rings is 3. The summed E-state index contributed by atoms with van der Waals surface area (Å²) in [6.07, 6.45) is 6.94. The predicted octanol–water partition coefficient (Wildman–Crippen LogP) is 7.86. The minimum absolute atomic E-state index is 0.713. The van der Waals surface area contributed by atoms with Gasteiger partial charge in [0.25, 0.3) is 0 Å². The molecule has 0 amide bonds. The maximum Gasteiger partial charge on any atom is 0.217 e. The van der Waals surface area contributed by atoms with Crippen molar-refractivity contribution in [3.63, 3.8) is 0 Å².